The van der Waals surface area contributed by atoms with Crippen LogP contribution in [0.25, 0.3) is 16.9 Å². The van der Waals surface area contributed by atoms with Gasteiger partial charge in [-0.1, -0.05) is 40.2 Å². The predicted octanol–water partition coefficient (Wildman–Crippen LogP) is 5.67. The van der Waals surface area contributed by atoms with E-state index in [2.05, 4.69) is 82.2 Å². The first-order valence-corrected chi connectivity index (χ1v) is 9.62. The second-order valence-electron chi connectivity index (χ2n) is 6.77. The van der Waals surface area contributed by atoms with Gasteiger partial charge in [0.1, 0.15) is 5.82 Å². The van der Waals surface area contributed by atoms with Crippen LogP contribution in [0.2, 0.25) is 0 Å². The average Bonchev–Trinajstić information content (AvgIpc) is 2.79. The normalized spacial score (nSPS) is 13.9. The maximum absolute atomic E-state index is 5.04. The number of nitrogens with one attached hydrogen (secondary N) is 1. The number of nitrogens with zero attached hydrogens (tertiary/aromatic N) is 2. The predicted molar refractivity (Wildman–Crippen MR) is 108 cm³/mol. The minimum Gasteiger partial charge on any atom is -0.370 e. The first-order chi connectivity index (χ1) is 12.1. The van der Waals surface area contributed by atoms with Crippen LogP contribution in [0.1, 0.15) is 29.5 Å². The minimum atomic E-state index is 1.00. The molecule has 1 aromatic heterocycles. The van der Waals surface area contributed by atoms with E-state index in [4.69, 9.17) is 5.10 Å². The molecule has 2 heterocycles. The SMILES string of the molecule is Cc1ccc(C)c(-n2nc(-c3ccc(Br)cc3)c3c2NCCCC3)c1. The third-order valence-corrected chi connectivity index (χ3v) is 5.37. The Morgan fingerprint density at radius 1 is 1.04 bits per heavy atom. The van der Waals surface area contributed by atoms with E-state index >= 15 is 0 Å². The summed E-state index contributed by atoms with van der Waals surface area (Å²) in [6, 6.07) is 15.0. The summed E-state index contributed by atoms with van der Waals surface area (Å²) in [7, 11) is 0. The number of aryl methyl sites for hydroxylation is 2. The molecule has 0 radical (unpaired) electrons. The molecule has 0 saturated carbocycles. The zero-order valence-corrected chi connectivity index (χ0v) is 16.2. The molecule has 25 heavy (non-hydrogen) atoms. The highest BCUT2D eigenvalue weighted by Crippen LogP contribution is 2.35. The van der Waals surface area contributed by atoms with Crippen molar-refractivity contribution in [2.75, 3.05) is 11.9 Å². The standard InChI is InChI=1S/C21H22BrN3/c1-14-6-7-15(2)19(13-14)25-21-18(5-3-4-12-23-21)20(24-25)16-8-10-17(22)11-9-16/h6-11,13,23H,3-5,12H2,1-2H3. The summed E-state index contributed by atoms with van der Waals surface area (Å²) in [6.45, 7) is 5.29. The third-order valence-electron chi connectivity index (χ3n) is 4.84. The second kappa shape index (κ2) is 6.68. The largest absolute Gasteiger partial charge is 0.370 e. The Balaban J connectivity index is 1.93. The van der Waals surface area contributed by atoms with Crippen molar-refractivity contribution in [3.63, 3.8) is 0 Å². The molecule has 1 aliphatic rings. The van der Waals surface area contributed by atoms with Crippen molar-refractivity contribution < 1.29 is 0 Å². The minimum absolute atomic E-state index is 1.00. The molecule has 3 nitrogen and oxygen atoms in total. The lowest BCUT2D eigenvalue weighted by Crippen LogP contribution is -2.08. The Morgan fingerprint density at radius 2 is 1.84 bits per heavy atom. The van der Waals surface area contributed by atoms with Gasteiger partial charge in [-0.25, -0.2) is 4.68 Å². The van der Waals surface area contributed by atoms with Gasteiger partial charge in [-0.2, -0.15) is 5.10 Å². The van der Waals surface area contributed by atoms with Gasteiger partial charge in [-0.15, -0.1) is 0 Å². The molecule has 0 amide bonds. The zero-order chi connectivity index (χ0) is 17.4. The van der Waals surface area contributed by atoms with Gasteiger partial charge in [0.05, 0.1) is 11.4 Å². The van der Waals surface area contributed by atoms with Crippen LogP contribution in [0, 0.1) is 13.8 Å². The van der Waals surface area contributed by atoms with E-state index in [1.807, 2.05) is 0 Å². The van der Waals surface area contributed by atoms with Crippen LogP contribution in [-0.4, -0.2) is 16.3 Å². The molecule has 2 aromatic carbocycles. The van der Waals surface area contributed by atoms with Crippen molar-refractivity contribution in [2.45, 2.75) is 33.1 Å². The number of halogens is 1. The Hall–Kier alpha value is -2.07. The van der Waals surface area contributed by atoms with Gasteiger partial charge < -0.3 is 5.32 Å². The van der Waals surface area contributed by atoms with Crippen molar-refractivity contribution in [2.24, 2.45) is 0 Å². The fourth-order valence-corrected chi connectivity index (χ4v) is 3.73. The summed E-state index contributed by atoms with van der Waals surface area (Å²) in [5, 5.41) is 8.68. The topological polar surface area (TPSA) is 29.9 Å². The quantitative estimate of drug-likeness (QED) is 0.605. The fraction of sp³-hybridized carbons (Fsp3) is 0.286. The van der Waals surface area contributed by atoms with Crippen LogP contribution in [0.15, 0.2) is 46.9 Å². The van der Waals surface area contributed by atoms with Gasteiger partial charge in [0, 0.05) is 22.1 Å². The molecule has 4 rings (SSSR count). The fourth-order valence-electron chi connectivity index (χ4n) is 3.46. The summed E-state index contributed by atoms with van der Waals surface area (Å²) in [5.74, 6) is 1.16. The van der Waals surface area contributed by atoms with Crippen LogP contribution in [0.4, 0.5) is 5.82 Å². The summed E-state index contributed by atoms with van der Waals surface area (Å²) < 4.78 is 3.20. The summed E-state index contributed by atoms with van der Waals surface area (Å²) in [4.78, 5) is 0. The van der Waals surface area contributed by atoms with E-state index in [0.717, 1.165) is 34.6 Å². The van der Waals surface area contributed by atoms with Gasteiger partial charge in [-0.3, -0.25) is 0 Å². The van der Waals surface area contributed by atoms with Crippen LogP contribution in [-0.2, 0) is 6.42 Å². The lowest BCUT2D eigenvalue weighted by Gasteiger charge is -2.12. The van der Waals surface area contributed by atoms with Crippen molar-refractivity contribution >= 4 is 21.7 Å². The maximum Gasteiger partial charge on any atom is 0.133 e. The van der Waals surface area contributed by atoms with E-state index in [9.17, 15) is 0 Å². The average molecular weight is 396 g/mol. The first-order valence-electron chi connectivity index (χ1n) is 8.83. The molecule has 0 fully saturated rings. The van der Waals surface area contributed by atoms with Crippen LogP contribution >= 0.6 is 15.9 Å². The third kappa shape index (κ3) is 3.11. The van der Waals surface area contributed by atoms with E-state index in [1.165, 1.54) is 35.1 Å². The summed E-state index contributed by atoms with van der Waals surface area (Å²) in [5.41, 5.74) is 7.26. The Bertz CT molecular complexity index is 910. The molecule has 0 unspecified atom stereocenters. The molecule has 1 N–H and O–H groups in total. The molecule has 0 aliphatic carbocycles. The molecule has 0 spiro atoms. The molecular formula is C21H22BrN3. The number of anilines is 1. The Labute approximate surface area is 157 Å². The number of benzene rings is 2. The van der Waals surface area contributed by atoms with Gasteiger partial charge in [0.2, 0.25) is 0 Å². The highest BCUT2D eigenvalue weighted by Gasteiger charge is 2.22. The first kappa shape index (κ1) is 16.4. The number of hydrogen-bond donors (Lipinski definition) is 1. The van der Waals surface area contributed by atoms with E-state index in [-0.39, 0.29) is 0 Å². The van der Waals surface area contributed by atoms with Gasteiger partial charge in [0.25, 0.3) is 0 Å². The molecule has 3 aromatic rings. The zero-order valence-electron chi connectivity index (χ0n) is 14.6. The Kier molecular flexibility index (Phi) is 4.38. The Morgan fingerprint density at radius 3 is 2.64 bits per heavy atom. The lowest BCUT2D eigenvalue weighted by atomic mass is 10.0. The van der Waals surface area contributed by atoms with Gasteiger partial charge >= 0.3 is 0 Å². The lowest BCUT2D eigenvalue weighted by molar-refractivity contribution is 0.779. The van der Waals surface area contributed by atoms with E-state index in [1.54, 1.807) is 0 Å². The molecule has 128 valence electrons. The van der Waals surface area contributed by atoms with Crippen LogP contribution in [0.5, 0.6) is 0 Å². The molecule has 0 atom stereocenters. The van der Waals surface area contributed by atoms with E-state index < -0.39 is 0 Å². The van der Waals surface area contributed by atoms with Gasteiger partial charge in [0.15, 0.2) is 0 Å². The number of aromatic nitrogens is 2. The van der Waals surface area contributed by atoms with Crippen molar-refractivity contribution in [3.05, 3.63) is 63.6 Å². The number of hydrogen-bond acceptors (Lipinski definition) is 2. The van der Waals surface area contributed by atoms with Crippen molar-refractivity contribution in [3.8, 4) is 16.9 Å². The van der Waals surface area contributed by atoms with Crippen LogP contribution in [0.3, 0.4) is 0 Å². The van der Waals surface area contributed by atoms with Crippen LogP contribution < -0.4 is 5.32 Å². The molecular weight excluding hydrogens is 374 g/mol. The molecule has 0 saturated heterocycles. The maximum atomic E-state index is 5.04. The molecule has 0 bridgehead atoms. The number of rotatable bonds is 2. The number of fused-ring (bicyclic) bond motifs is 1. The summed E-state index contributed by atoms with van der Waals surface area (Å²) >= 11 is 3.53. The highest BCUT2D eigenvalue weighted by atomic mass is 79.9. The summed E-state index contributed by atoms with van der Waals surface area (Å²) in [6.07, 6.45) is 3.46. The highest BCUT2D eigenvalue weighted by molar-refractivity contribution is 9.10. The van der Waals surface area contributed by atoms with Gasteiger partial charge in [-0.05, 0) is 62.4 Å². The van der Waals surface area contributed by atoms with Crippen molar-refractivity contribution in [1.29, 1.82) is 0 Å². The monoisotopic (exact) mass is 395 g/mol. The molecule has 4 heteroatoms. The smallest absolute Gasteiger partial charge is 0.133 e. The van der Waals surface area contributed by atoms with E-state index in [0.29, 0.717) is 0 Å². The molecule has 1 aliphatic heterocycles. The second-order valence-corrected chi connectivity index (χ2v) is 7.68. The van der Waals surface area contributed by atoms with Crippen molar-refractivity contribution in [1.82, 2.24) is 9.78 Å².